The highest BCUT2D eigenvalue weighted by Crippen LogP contribution is 2.33. The Balaban J connectivity index is 1.54. The van der Waals surface area contributed by atoms with Crippen LogP contribution in [0.4, 0.5) is 0 Å². The highest BCUT2D eigenvalue weighted by atomic mass is 16.1. The zero-order valence-corrected chi connectivity index (χ0v) is 11.3. The van der Waals surface area contributed by atoms with Gasteiger partial charge in [-0.2, -0.15) is 0 Å². The van der Waals surface area contributed by atoms with Gasteiger partial charge in [-0.25, -0.2) is 0 Å². The van der Waals surface area contributed by atoms with Gasteiger partial charge in [-0.15, -0.1) is 0 Å². The fraction of sp³-hybridized carbons (Fsp3) is 0.562. The summed E-state index contributed by atoms with van der Waals surface area (Å²) >= 11 is 0. The molecule has 1 saturated carbocycles. The summed E-state index contributed by atoms with van der Waals surface area (Å²) in [5, 5.41) is 6.43. The summed E-state index contributed by atoms with van der Waals surface area (Å²) in [6, 6.07) is 8.26. The summed E-state index contributed by atoms with van der Waals surface area (Å²) in [5.41, 5.74) is 2.45. The molecule has 1 heterocycles. The van der Waals surface area contributed by atoms with Crippen LogP contribution in [0.1, 0.15) is 42.7 Å². The minimum Gasteiger partial charge on any atom is -0.356 e. The second-order valence-corrected chi connectivity index (χ2v) is 5.76. The van der Waals surface area contributed by atoms with Crippen LogP contribution in [0.2, 0.25) is 0 Å². The van der Waals surface area contributed by atoms with Gasteiger partial charge in [0.2, 0.25) is 5.91 Å². The van der Waals surface area contributed by atoms with Crippen molar-refractivity contribution in [1.82, 2.24) is 10.6 Å². The first kappa shape index (κ1) is 12.7. The fourth-order valence-electron chi connectivity index (χ4n) is 2.86. The van der Waals surface area contributed by atoms with E-state index in [0.29, 0.717) is 0 Å². The van der Waals surface area contributed by atoms with Gasteiger partial charge in [-0.05, 0) is 29.9 Å². The molecule has 1 aliphatic carbocycles. The van der Waals surface area contributed by atoms with E-state index < -0.39 is 0 Å². The molecule has 0 spiro atoms. The van der Waals surface area contributed by atoms with Crippen LogP contribution >= 0.6 is 0 Å². The van der Waals surface area contributed by atoms with Crippen molar-refractivity contribution in [3.8, 4) is 0 Å². The maximum atomic E-state index is 12.3. The van der Waals surface area contributed by atoms with E-state index in [1.165, 1.54) is 30.4 Å². The zero-order chi connectivity index (χ0) is 13.1. The molecule has 1 unspecified atom stereocenters. The summed E-state index contributed by atoms with van der Waals surface area (Å²) in [6.45, 7) is 2.46. The Morgan fingerprint density at radius 1 is 1.32 bits per heavy atom. The molecule has 0 aromatic heterocycles. The maximum Gasteiger partial charge on any atom is 0.228 e. The molecule has 2 N–H and O–H groups in total. The number of amides is 1. The first-order valence-electron chi connectivity index (χ1n) is 7.41. The van der Waals surface area contributed by atoms with Crippen LogP contribution in [0.25, 0.3) is 0 Å². The number of hydrogen-bond donors (Lipinski definition) is 2. The molecule has 1 aromatic rings. The predicted octanol–water partition coefficient (Wildman–Crippen LogP) is 2.18. The van der Waals surface area contributed by atoms with Crippen LogP contribution < -0.4 is 10.6 Å². The summed E-state index contributed by atoms with van der Waals surface area (Å²) in [6.07, 6.45) is 5.19. The van der Waals surface area contributed by atoms with Gasteiger partial charge < -0.3 is 10.6 Å². The number of benzene rings is 1. The fourth-order valence-corrected chi connectivity index (χ4v) is 2.86. The number of nitrogens with one attached hydrogen (secondary N) is 2. The Labute approximate surface area is 114 Å². The van der Waals surface area contributed by atoms with Crippen molar-refractivity contribution < 1.29 is 4.79 Å². The standard InChI is InChI=1S/C16H22N2O/c19-16(18-9-3-4-12-7-8-12)15-11-17-10-13-5-1-2-6-14(13)15/h1-2,5-6,12,15,17H,3-4,7-11H2,(H,18,19). The van der Waals surface area contributed by atoms with Gasteiger partial charge in [0.05, 0.1) is 5.92 Å². The van der Waals surface area contributed by atoms with Crippen LogP contribution in [-0.4, -0.2) is 19.0 Å². The van der Waals surface area contributed by atoms with Crippen molar-refractivity contribution in [3.05, 3.63) is 35.4 Å². The summed E-state index contributed by atoms with van der Waals surface area (Å²) < 4.78 is 0. The molecule has 3 nitrogen and oxygen atoms in total. The lowest BCUT2D eigenvalue weighted by atomic mass is 9.90. The highest BCUT2D eigenvalue weighted by Gasteiger charge is 2.26. The molecule has 1 amide bonds. The molecule has 0 bridgehead atoms. The van der Waals surface area contributed by atoms with E-state index in [9.17, 15) is 4.79 Å². The van der Waals surface area contributed by atoms with Crippen molar-refractivity contribution in [3.63, 3.8) is 0 Å². The Morgan fingerprint density at radius 2 is 2.16 bits per heavy atom. The van der Waals surface area contributed by atoms with Gasteiger partial charge in [0.1, 0.15) is 0 Å². The second-order valence-electron chi connectivity index (χ2n) is 5.76. The molecule has 2 aliphatic rings. The quantitative estimate of drug-likeness (QED) is 0.795. The van der Waals surface area contributed by atoms with E-state index >= 15 is 0 Å². The molecule has 0 radical (unpaired) electrons. The van der Waals surface area contributed by atoms with Crippen LogP contribution in [0.5, 0.6) is 0 Å². The number of hydrogen-bond acceptors (Lipinski definition) is 2. The molecule has 102 valence electrons. The lowest BCUT2D eigenvalue weighted by Gasteiger charge is -2.25. The average Bonchev–Trinajstić information content (AvgIpc) is 3.27. The van der Waals surface area contributed by atoms with Gasteiger partial charge in [0.15, 0.2) is 0 Å². The molecular formula is C16H22N2O. The first-order chi connectivity index (χ1) is 9.34. The molecule has 19 heavy (non-hydrogen) atoms. The topological polar surface area (TPSA) is 41.1 Å². The van der Waals surface area contributed by atoms with E-state index in [2.05, 4.69) is 22.8 Å². The lowest BCUT2D eigenvalue weighted by Crippen LogP contribution is -2.39. The minimum absolute atomic E-state index is 0.0223. The summed E-state index contributed by atoms with van der Waals surface area (Å²) in [7, 11) is 0. The van der Waals surface area contributed by atoms with Crippen molar-refractivity contribution in [2.24, 2.45) is 5.92 Å². The summed E-state index contributed by atoms with van der Waals surface area (Å²) in [5.74, 6) is 1.11. The third-order valence-corrected chi connectivity index (χ3v) is 4.20. The van der Waals surface area contributed by atoms with Crippen molar-refractivity contribution in [1.29, 1.82) is 0 Å². The van der Waals surface area contributed by atoms with Crippen molar-refractivity contribution in [2.75, 3.05) is 13.1 Å². The second kappa shape index (κ2) is 5.74. The molecule has 1 fully saturated rings. The van der Waals surface area contributed by atoms with Crippen LogP contribution in [0, 0.1) is 5.92 Å². The van der Waals surface area contributed by atoms with Gasteiger partial charge >= 0.3 is 0 Å². The van der Waals surface area contributed by atoms with Gasteiger partial charge in [0.25, 0.3) is 0 Å². The third kappa shape index (κ3) is 3.16. The Kier molecular flexibility index (Phi) is 3.83. The van der Waals surface area contributed by atoms with E-state index in [-0.39, 0.29) is 11.8 Å². The van der Waals surface area contributed by atoms with Gasteiger partial charge in [0, 0.05) is 19.6 Å². The molecule has 1 aliphatic heterocycles. The average molecular weight is 258 g/mol. The summed E-state index contributed by atoms with van der Waals surface area (Å²) in [4.78, 5) is 12.3. The van der Waals surface area contributed by atoms with Crippen LogP contribution in [0.3, 0.4) is 0 Å². The van der Waals surface area contributed by atoms with Crippen molar-refractivity contribution >= 4 is 5.91 Å². The molecule has 1 aromatic carbocycles. The smallest absolute Gasteiger partial charge is 0.228 e. The van der Waals surface area contributed by atoms with Crippen LogP contribution in [0.15, 0.2) is 24.3 Å². The van der Waals surface area contributed by atoms with E-state index in [1.807, 2.05) is 12.1 Å². The molecule has 0 saturated heterocycles. The van der Waals surface area contributed by atoms with E-state index in [4.69, 9.17) is 0 Å². The van der Waals surface area contributed by atoms with Crippen LogP contribution in [-0.2, 0) is 11.3 Å². The van der Waals surface area contributed by atoms with Crippen molar-refractivity contribution in [2.45, 2.75) is 38.1 Å². The Hall–Kier alpha value is -1.35. The molecular weight excluding hydrogens is 236 g/mol. The number of fused-ring (bicyclic) bond motifs is 1. The zero-order valence-electron chi connectivity index (χ0n) is 11.3. The first-order valence-corrected chi connectivity index (χ1v) is 7.41. The monoisotopic (exact) mass is 258 g/mol. The SMILES string of the molecule is O=C(NCCCC1CC1)C1CNCc2ccccc21. The van der Waals surface area contributed by atoms with E-state index in [1.54, 1.807) is 0 Å². The predicted molar refractivity (Wildman–Crippen MR) is 75.9 cm³/mol. The minimum atomic E-state index is -0.0223. The highest BCUT2D eigenvalue weighted by molar-refractivity contribution is 5.84. The Morgan fingerprint density at radius 3 is 3.00 bits per heavy atom. The third-order valence-electron chi connectivity index (χ3n) is 4.20. The van der Waals surface area contributed by atoms with Gasteiger partial charge in [-0.3, -0.25) is 4.79 Å². The number of carbonyl (C=O) groups is 1. The maximum absolute atomic E-state index is 12.3. The largest absolute Gasteiger partial charge is 0.356 e. The number of rotatable bonds is 5. The van der Waals surface area contributed by atoms with E-state index in [0.717, 1.165) is 32.0 Å². The van der Waals surface area contributed by atoms with Gasteiger partial charge in [-0.1, -0.05) is 37.1 Å². The Bertz CT molecular complexity index is 454. The number of carbonyl (C=O) groups excluding carboxylic acids is 1. The molecule has 3 rings (SSSR count). The molecule has 1 atom stereocenters. The normalized spacial score (nSPS) is 21.8. The molecule has 3 heteroatoms. The lowest BCUT2D eigenvalue weighted by molar-refractivity contribution is -0.122.